The van der Waals surface area contributed by atoms with Gasteiger partial charge in [-0.3, -0.25) is 0 Å². The SMILES string of the molecule is CCCn1nnc(C(=O)O)c1-c1ccc(OCC(C)C)c(N)c1. The Hall–Kier alpha value is -2.57. The van der Waals surface area contributed by atoms with Crippen molar-refractivity contribution in [2.45, 2.75) is 33.7 Å². The van der Waals surface area contributed by atoms with Crippen molar-refractivity contribution >= 4 is 11.7 Å². The van der Waals surface area contributed by atoms with Crippen LogP contribution in [0.4, 0.5) is 5.69 Å². The van der Waals surface area contributed by atoms with Gasteiger partial charge in [-0.05, 0) is 30.5 Å². The largest absolute Gasteiger partial charge is 0.491 e. The Morgan fingerprint density at radius 2 is 2.17 bits per heavy atom. The molecule has 2 aromatic rings. The van der Waals surface area contributed by atoms with Crippen molar-refractivity contribution in [3.05, 3.63) is 23.9 Å². The number of aromatic carboxylic acids is 1. The van der Waals surface area contributed by atoms with E-state index in [2.05, 4.69) is 24.2 Å². The smallest absolute Gasteiger partial charge is 0.358 e. The highest BCUT2D eigenvalue weighted by atomic mass is 16.5. The molecular formula is C16H22N4O3. The number of anilines is 1. The minimum absolute atomic E-state index is 0.0753. The van der Waals surface area contributed by atoms with Crippen LogP contribution in [0, 0.1) is 5.92 Å². The van der Waals surface area contributed by atoms with E-state index in [0.29, 0.717) is 41.8 Å². The summed E-state index contributed by atoms with van der Waals surface area (Å²) in [7, 11) is 0. The van der Waals surface area contributed by atoms with Gasteiger partial charge in [-0.1, -0.05) is 26.0 Å². The minimum atomic E-state index is -1.11. The lowest BCUT2D eigenvalue weighted by atomic mass is 10.1. The predicted molar refractivity (Wildman–Crippen MR) is 87.5 cm³/mol. The van der Waals surface area contributed by atoms with Crippen LogP contribution in [0.15, 0.2) is 18.2 Å². The van der Waals surface area contributed by atoms with Crippen LogP contribution in [-0.2, 0) is 6.54 Å². The Balaban J connectivity index is 2.40. The zero-order valence-electron chi connectivity index (χ0n) is 13.6. The van der Waals surface area contributed by atoms with Crippen molar-refractivity contribution in [3.63, 3.8) is 0 Å². The van der Waals surface area contributed by atoms with Gasteiger partial charge in [0.25, 0.3) is 0 Å². The molecule has 7 heteroatoms. The number of carboxylic acids is 1. The van der Waals surface area contributed by atoms with Crippen LogP contribution in [0.25, 0.3) is 11.3 Å². The number of carboxylic acid groups (broad SMARTS) is 1. The molecule has 0 atom stereocenters. The van der Waals surface area contributed by atoms with Crippen LogP contribution in [0.1, 0.15) is 37.7 Å². The van der Waals surface area contributed by atoms with E-state index in [1.165, 1.54) is 0 Å². The summed E-state index contributed by atoms with van der Waals surface area (Å²) in [6.07, 6.45) is 0.820. The molecular weight excluding hydrogens is 296 g/mol. The third-order valence-electron chi connectivity index (χ3n) is 3.23. The zero-order chi connectivity index (χ0) is 17.0. The third-order valence-corrected chi connectivity index (χ3v) is 3.23. The molecule has 0 aliphatic carbocycles. The van der Waals surface area contributed by atoms with Crippen molar-refractivity contribution in [2.75, 3.05) is 12.3 Å². The summed E-state index contributed by atoms with van der Waals surface area (Å²) >= 11 is 0. The fourth-order valence-corrected chi connectivity index (χ4v) is 2.19. The summed E-state index contributed by atoms with van der Waals surface area (Å²) in [6.45, 7) is 7.25. The van der Waals surface area contributed by atoms with E-state index in [9.17, 15) is 9.90 Å². The average Bonchev–Trinajstić information content (AvgIpc) is 2.90. The van der Waals surface area contributed by atoms with Crippen molar-refractivity contribution in [1.29, 1.82) is 0 Å². The van der Waals surface area contributed by atoms with Crippen LogP contribution in [-0.4, -0.2) is 32.7 Å². The second kappa shape index (κ2) is 7.13. The van der Waals surface area contributed by atoms with E-state index in [-0.39, 0.29) is 5.69 Å². The number of hydrogen-bond acceptors (Lipinski definition) is 5. The molecule has 0 aliphatic heterocycles. The highest BCUT2D eigenvalue weighted by molar-refractivity contribution is 5.93. The molecule has 0 spiro atoms. The van der Waals surface area contributed by atoms with Crippen LogP contribution in [0.5, 0.6) is 5.75 Å². The number of aryl methyl sites for hydroxylation is 1. The van der Waals surface area contributed by atoms with E-state index in [1.54, 1.807) is 22.9 Å². The normalized spacial score (nSPS) is 11.0. The highest BCUT2D eigenvalue weighted by Gasteiger charge is 2.21. The van der Waals surface area contributed by atoms with E-state index in [1.807, 2.05) is 6.92 Å². The van der Waals surface area contributed by atoms with Gasteiger partial charge in [-0.2, -0.15) is 0 Å². The van der Waals surface area contributed by atoms with Crippen LogP contribution < -0.4 is 10.5 Å². The molecule has 0 fully saturated rings. The second-order valence-electron chi connectivity index (χ2n) is 5.77. The summed E-state index contributed by atoms with van der Waals surface area (Å²) in [4.78, 5) is 11.4. The van der Waals surface area contributed by atoms with Crippen molar-refractivity contribution in [1.82, 2.24) is 15.0 Å². The Morgan fingerprint density at radius 1 is 1.43 bits per heavy atom. The zero-order valence-corrected chi connectivity index (χ0v) is 13.6. The number of rotatable bonds is 7. The molecule has 124 valence electrons. The summed E-state index contributed by atoms with van der Waals surface area (Å²) in [6, 6.07) is 5.23. The fraction of sp³-hybridized carbons (Fsp3) is 0.438. The van der Waals surface area contributed by atoms with Gasteiger partial charge in [-0.15, -0.1) is 5.10 Å². The van der Waals surface area contributed by atoms with Gasteiger partial charge in [0.2, 0.25) is 0 Å². The van der Waals surface area contributed by atoms with Crippen LogP contribution >= 0.6 is 0 Å². The maximum absolute atomic E-state index is 11.4. The monoisotopic (exact) mass is 318 g/mol. The second-order valence-corrected chi connectivity index (χ2v) is 5.77. The summed E-state index contributed by atoms with van der Waals surface area (Å²) in [5, 5.41) is 17.0. The quantitative estimate of drug-likeness (QED) is 0.761. The molecule has 23 heavy (non-hydrogen) atoms. The summed E-state index contributed by atoms with van der Waals surface area (Å²) in [5.41, 5.74) is 7.55. The van der Waals surface area contributed by atoms with Gasteiger partial charge in [0, 0.05) is 12.1 Å². The number of benzene rings is 1. The molecule has 0 aliphatic rings. The molecule has 1 aromatic carbocycles. The van der Waals surface area contributed by atoms with Crippen molar-refractivity contribution < 1.29 is 14.6 Å². The van der Waals surface area contributed by atoms with Gasteiger partial charge in [0.05, 0.1) is 12.3 Å². The van der Waals surface area contributed by atoms with Gasteiger partial charge in [-0.25, -0.2) is 9.48 Å². The maximum Gasteiger partial charge on any atom is 0.358 e. The molecule has 0 unspecified atom stereocenters. The Kier molecular flexibility index (Phi) is 5.20. The Bertz CT molecular complexity index is 695. The lowest BCUT2D eigenvalue weighted by Gasteiger charge is -2.13. The van der Waals surface area contributed by atoms with Gasteiger partial charge >= 0.3 is 5.97 Å². The average molecular weight is 318 g/mol. The first-order chi connectivity index (χ1) is 10.9. The Morgan fingerprint density at radius 3 is 2.74 bits per heavy atom. The lowest BCUT2D eigenvalue weighted by molar-refractivity contribution is 0.0691. The van der Waals surface area contributed by atoms with Gasteiger partial charge < -0.3 is 15.6 Å². The Labute approximate surface area is 135 Å². The van der Waals surface area contributed by atoms with Crippen LogP contribution in [0.3, 0.4) is 0 Å². The van der Waals surface area contributed by atoms with Gasteiger partial charge in [0.1, 0.15) is 11.4 Å². The number of nitrogens with two attached hydrogens (primary N) is 1. The molecule has 0 bridgehead atoms. The van der Waals surface area contributed by atoms with Crippen molar-refractivity contribution in [3.8, 4) is 17.0 Å². The molecule has 1 aromatic heterocycles. The van der Waals surface area contributed by atoms with Crippen molar-refractivity contribution in [2.24, 2.45) is 5.92 Å². The lowest BCUT2D eigenvalue weighted by Crippen LogP contribution is -2.07. The van der Waals surface area contributed by atoms with Gasteiger partial charge in [0.15, 0.2) is 5.69 Å². The number of carbonyl (C=O) groups is 1. The summed E-state index contributed by atoms with van der Waals surface area (Å²) < 4.78 is 7.24. The standard InChI is InChI=1S/C16H22N4O3/c1-4-7-20-15(14(16(21)22)18-19-20)11-5-6-13(12(17)8-11)23-9-10(2)3/h5-6,8,10H,4,7,9,17H2,1-3H3,(H,21,22). The molecule has 3 N–H and O–H groups in total. The topological polar surface area (TPSA) is 103 Å². The molecule has 1 heterocycles. The number of nitrogen functional groups attached to an aromatic ring is 1. The molecule has 0 radical (unpaired) electrons. The summed E-state index contributed by atoms with van der Waals surface area (Å²) in [5.74, 6) is -0.127. The number of nitrogens with zero attached hydrogens (tertiary/aromatic N) is 3. The van der Waals surface area contributed by atoms with Crippen LogP contribution in [0.2, 0.25) is 0 Å². The highest BCUT2D eigenvalue weighted by Crippen LogP contribution is 2.30. The molecule has 0 saturated heterocycles. The number of hydrogen-bond donors (Lipinski definition) is 2. The molecule has 0 saturated carbocycles. The van der Waals surface area contributed by atoms with E-state index < -0.39 is 5.97 Å². The molecule has 7 nitrogen and oxygen atoms in total. The first-order valence-corrected chi connectivity index (χ1v) is 7.63. The maximum atomic E-state index is 11.4. The molecule has 0 amide bonds. The number of ether oxygens (including phenoxy) is 1. The first-order valence-electron chi connectivity index (χ1n) is 7.63. The fourth-order valence-electron chi connectivity index (χ4n) is 2.19. The minimum Gasteiger partial charge on any atom is -0.491 e. The van der Waals surface area contributed by atoms with E-state index >= 15 is 0 Å². The predicted octanol–water partition coefficient (Wildman–Crippen LogP) is 2.67. The van der Waals surface area contributed by atoms with E-state index in [4.69, 9.17) is 10.5 Å². The number of aromatic nitrogens is 3. The third kappa shape index (κ3) is 3.80. The molecule has 2 rings (SSSR count). The van der Waals surface area contributed by atoms with E-state index in [0.717, 1.165) is 6.42 Å². The first kappa shape index (κ1) is 16.8.